The molecule has 0 spiro atoms. The zero-order valence-electron chi connectivity index (χ0n) is 19.4. The summed E-state index contributed by atoms with van der Waals surface area (Å²) in [4.78, 5) is 48.1. The number of carbonyl (C=O) groups is 3. The van der Waals surface area contributed by atoms with Crippen LogP contribution in [0.25, 0.3) is 0 Å². The second-order valence-corrected chi connectivity index (χ2v) is 7.91. The van der Waals surface area contributed by atoms with Gasteiger partial charge < -0.3 is 20.1 Å². The number of methoxy groups -OCH3 is 2. The lowest BCUT2D eigenvalue weighted by Crippen LogP contribution is -2.37. The molecule has 1 aromatic carbocycles. The number of rotatable bonds is 9. The Labute approximate surface area is 192 Å². The van der Waals surface area contributed by atoms with Gasteiger partial charge in [0.2, 0.25) is 5.91 Å². The summed E-state index contributed by atoms with van der Waals surface area (Å²) in [6, 6.07) is 5.85. The van der Waals surface area contributed by atoms with Gasteiger partial charge in [0.1, 0.15) is 0 Å². The zero-order valence-corrected chi connectivity index (χ0v) is 19.4. The lowest BCUT2D eigenvalue weighted by Gasteiger charge is -2.31. The van der Waals surface area contributed by atoms with Gasteiger partial charge in [-0.25, -0.2) is 4.79 Å². The molecule has 1 aliphatic heterocycles. The Morgan fingerprint density at radius 1 is 1.15 bits per heavy atom. The Morgan fingerprint density at radius 3 is 2.42 bits per heavy atom. The van der Waals surface area contributed by atoms with Crippen molar-refractivity contribution >= 4 is 23.5 Å². The van der Waals surface area contributed by atoms with Crippen molar-refractivity contribution in [2.24, 2.45) is 5.92 Å². The van der Waals surface area contributed by atoms with Gasteiger partial charge in [-0.15, -0.1) is 0 Å². The first-order chi connectivity index (χ1) is 15.6. The molecule has 1 amide bonds. The highest BCUT2D eigenvalue weighted by Crippen LogP contribution is 2.39. The van der Waals surface area contributed by atoms with Crippen LogP contribution >= 0.6 is 0 Å². The summed E-state index contributed by atoms with van der Waals surface area (Å²) < 4.78 is 9.59. The summed E-state index contributed by atoms with van der Waals surface area (Å²) in [5.41, 5.74) is 1.76. The van der Waals surface area contributed by atoms with Crippen molar-refractivity contribution in [1.29, 1.82) is 0 Å². The van der Waals surface area contributed by atoms with Crippen LogP contribution < -0.4 is 10.6 Å². The van der Waals surface area contributed by atoms with E-state index in [-0.39, 0.29) is 35.1 Å². The molecule has 33 heavy (non-hydrogen) atoms. The van der Waals surface area contributed by atoms with Gasteiger partial charge in [-0.1, -0.05) is 19.1 Å². The number of allylic oxidation sites excluding steroid dienone is 2. The number of hydrogen-bond acceptors (Lipinski definition) is 8. The molecule has 0 bridgehead atoms. The van der Waals surface area contributed by atoms with E-state index in [1.165, 1.54) is 32.4 Å². The molecule has 10 nitrogen and oxygen atoms in total. The number of nitro benzene ring substituents is 1. The summed E-state index contributed by atoms with van der Waals surface area (Å²) in [7, 11) is 2.56. The summed E-state index contributed by atoms with van der Waals surface area (Å²) >= 11 is 0. The van der Waals surface area contributed by atoms with E-state index < -0.39 is 22.7 Å². The Bertz CT molecular complexity index is 1010. The molecule has 0 aromatic heterocycles. The SMILES string of the molecule is COC(=O)CCC(C)CNC(=O)C1=C(C)NC(C)=C(C(=O)OC)[C@H]1c1cccc([N+](=O)[O-])c1. The highest BCUT2D eigenvalue weighted by Gasteiger charge is 2.37. The lowest BCUT2D eigenvalue weighted by molar-refractivity contribution is -0.384. The Hall–Kier alpha value is -3.69. The number of dihydropyridines is 1. The highest BCUT2D eigenvalue weighted by atomic mass is 16.6. The van der Waals surface area contributed by atoms with E-state index in [9.17, 15) is 24.5 Å². The molecule has 0 saturated carbocycles. The summed E-state index contributed by atoms with van der Waals surface area (Å²) in [6.07, 6.45) is 0.769. The van der Waals surface area contributed by atoms with Gasteiger partial charge in [0.05, 0.1) is 30.6 Å². The Morgan fingerprint density at radius 2 is 1.82 bits per heavy atom. The average Bonchev–Trinajstić information content (AvgIpc) is 2.79. The van der Waals surface area contributed by atoms with E-state index in [2.05, 4.69) is 15.4 Å². The van der Waals surface area contributed by atoms with Crippen LogP contribution in [0, 0.1) is 16.0 Å². The first-order valence-electron chi connectivity index (χ1n) is 10.5. The molecule has 0 radical (unpaired) electrons. The standard InChI is InChI=1S/C23H29N3O7/c1-13(9-10-18(27)32-4)12-24-22(28)19-14(2)25-15(3)20(23(29)33-5)21(19)16-7-6-8-17(11-16)26(30)31/h6-8,11,13,21,25H,9-10,12H2,1-5H3,(H,24,28)/t13?,21-/m0/s1. The quantitative estimate of drug-likeness (QED) is 0.327. The summed E-state index contributed by atoms with van der Waals surface area (Å²) in [5, 5.41) is 17.2. The first kappa shape index (κ1) is 25.6. The number of amides is 1. The number of benzene rings is 1. The van der Waals surface area contributed by atoms with Crippen LogP contribution in [-0.2, 0) is 23.9 Å². The van der Waals surface area contributed by atoms with Crippen LogP contribution in [0.4, 0.5) is 5.69 Å². The normalized spacial score (nSPS) is 16.6. The number of esters is 2. The molecule has 0 fully saturated rings. The van der Waals surface area contributed by atoms with Gasteiger partial charge in [0, 0.05) is 42.1 Å². The van der Waals surface area contributed by atoms with Gasteiger partial charge in [-0.2, -0.15) is 0 Å². The minimum atomic E-state index is -0.857. The molecule has 2 rings (SSSR count). The highest BCUT2D eigenvalue weighted by molar-refractivity contribution is 6.02. The van der Waals surface area contributed by atoms with Gasteiger partial charge in [-0.05, 0) is 31.7 Å². The van der Waals surface area contributed by atoms with Crippen molar-refractivity contribution in [2.75, 3.05) is 20.8 Å². The number of nitrogens with one attached hydrogen (secondary N) is 2. The fraction of sp³-hybridized carbons (Fsp3) is 0.435. The van der Waals surface area contributed by atoms with Gasteiger partial charge in [0.25, 0.3) is 5.69 Å². The van der Waals surface area contributed by atoms with Crippen molar-refractivity contribution < 1.29 is 28.8 Å². The fourth-order valence-electron chi connectivity index (χ4n) is 3.76. The molecule has 2 N–H and O–H groups in total. The van der Waals surface area contributed by atoms with E-state index in [0.29, 0.717) is 29.9 Å². The molecule has 178 valence electrons. The molecule has 2 atom stereocenters. The van der Waals surface area contributed by atoms with Crippen LogP contribution in [0.1, 0.15) is 45.1 Å². The maximum atomic E-state index is 13.3. The third kappa shape index (κ3) is 6.18. The third-order valence-corrected chi connectivity index (χ3v) is 5.50. The number of hydrogen-bond donors (Lipinski definition) is 2. The average molecular weight is 459 g/mol. The van der Waals surface area contributed by atoms with E-state index in [1.54, 1.807) is 19.9 Å². The molecular formula is C23H29N3O7. The predicted octanol–water partition coefficient (Wildman–Crippen LogP) is 2.71. The number of non-ortho nitro benzene ring substituents is 1. The maximum absolute atomic E-state index is 13.3. The third-order valence-electron chi connectivity index (χ3n) is 5.50. The van der Waals surface area contributed by atoms with Crippen molar-refractivity contribution in [3.05, 3.63) is 62.5 Å². The largest absolute Gasteiger partial charge is 0.469 e. The Kier molecular flexibility index (Phi) is 8.72. The molecule has 1 aromatic rings. The number of ether oxygens (including phenoxy) is 2. The minimum Gasteiger partial charge on any atom is -0.469 e. The second-order valence-electron chi connectivity index (χ2n) is 7.91. The molecule has 0 aliphatic carbocycles. The zero-order chi connectivity index (χ0) is 24.7. The van der Waals surface area contributed by atoms with Gasteiger partial charge in [0.15, 0.2) is 0 Å². The molecule has 1 heterocycles. The summed E-state index contributed by atoms with van der Waals surface area (Å²) in [5.74, 6) is -2.24. The number of carbonyl (C=O) groups excluding carboxylic acids is 3. The van der Waals surface area contributed by atoms with E-state index >= 15 is 0 Å². The van der Waals surface area contributed by atoms with Crippen LogP contribution in [0.2, 0.25) is 0 Å². The number of nitrogens with zero attached hydrogens (tertiary/aromatic N) is 1. The second kappa shape index (κ2) is 11.3. The smallest absolute Gasteiger partial charge is 0.336 e. The van der Waals surface area contributed by atoms with Crippen LogP contribution in [0.5, 0.6) is 0 Å². The predicted molar refractivity (Wildman–Crippen MR) is 120 cm³/mol. The maximum Gasteiger partial charge on any atom is 0.336 e. The lowest BCUT2D eigenvalue weighted by atomic mass is 9.80. The van der Waals surface area contributed by atoms with Crippen molar-refractivity contribution in [1.82, 2.24) is 10.6 Å². The van der Waals surface area contributed by atoms with Crippen molar-refractivity contribution in [2.45, 2.75) is 39.5 Å². The van der Waals surface area contributed by atoms with Gasteiger partial charge >= 0.3 is 11.9 Å². The molecule has 10 heteroatoms. The molecule has 1 aliphatic rings. The van der Waals surface area contributed by atoms with Crippen molar-refractivity contribution in [3.8, 4) is 0 Å². The van der Waals surface area contributed by atoms with Crippen LogP contribution in [0.15, 0.2) is 46.8 Å². The molecular weight excluding hydrogens is 430 g/mol. The minimum absolute atomic E-state index is 0.000811. The van der Waals surface area contributed by atoms with Crippen molar-refractivity contribution in [3.63, 3.8) is 0 Å². The molecule has 1 unspecified atom stereocenters. The van der Waals surface area contributed by atoms with E-state index in [1.807, 2.05) is 6.92 Å². The topological polar surface area (TPSA) is 137 Å². The van der Waals surface area contributed by atoms with E-state index in [0.717, 1.165) is 0 Å². The molecule has 0 saturated heterocycles. The number of nitro groups is 1. The fourth-order valence-corrected chi connectivity index (χ4v) is 3.76. The first-order valence-corrected chi connectivity index (χ1v) is 10.5. The van der Waals surface area contributed by atoms with Gasteiger partial charge in [-0.3, -0.25) is 19.7 Å². The van der Waals surface area contributed by atoms with E-state index in [4.69, 9.17) is 4.74 Å². The monoisotopic (exact) mass is 459 g/mol. The Balaban J connectivity index is 2.39. The van der Waals surface area contributed by atoms with Crippen LogP contribution in [-0.4, -0.2) is 43.5 Å². The summed E-state index contributed by atoms with van der Waals surface area (Å²) in [6.45, 7) is 5.58. The van der Waals surface area contributed by atoms with Crippen LogP contribution in [0.3, 0.4) is 0 Å².